The molecule has 1 amide bonds. The first kappa shape index (κ1) is 18.5. The van der Waals surface area contributed by atoms with E-state index in [1.165, 1.54) is 17.5 Å². The molecule has 1 heterocycles. The molecule has 1 saturated heterocycles. The summed E-state index contributed by atoms with van der Waals surface area (Å²) in [6.45, 7) is 2.88. The lowest BCUT2D eigenvalue weighted by Crippen LogP contribution is -2.25. The van der Waals surface area contributed by atoms with E-state index in [9.17, 15) is 4.79 Å². The van der Waals surface area contributed by atoms with Crippen LogP contribution < -0.4 is 15.4 Å². The molecular weight excluding hydrogens is 324 g/mol. The smallest absolute Gasteiger partial charge is 0.251 e. The minimum Gasteiger partial charge on any atom is -0.497 e. The van der Waals surface area contributed by atoms with Crippen LogP contribution >= 0.6 is 0 Å². The second-order valence-corrected chi connectivity index (χ2v) is 6.97. The third-order valence-corrected chi connectivity index (χ3v) is 4.96. The fourth-order valence-electron chi connectivity index (χ4n) is 3.45. The Bertz CT molecular complexity index is 706. The highest BCUT2D eigenvalue weighted by molar-refractivity contribution is 5.94. The lowest BCUT2D eigenvalue weighted by molar-refractivity contribution is 0.0953. The molecule has 0 bridgehead atoms. The van der Waals surface area contributed by atoms with Crippen molar-refractivity contribution in [2.45, 2.75) is 25.7 Å². The molecule has 1 aliphatic heterocycles. The summed E-state index contributed by atoms with van der Waals surface area (Å²) in [5.74, 6) is 1.58. The molecule has 0 radical (unpaired) electrons. The summed E-state index contributed by atoms with van der Waals surface area (Å²) < 4.78 is 5.17. The summed E-state index contributed by atoms with van der Waals surface area (Å²) in [7, 11) is 1.67. The summed E-state index contributed by atoms with van der Waals surface area (Å²) in [5.41, 5.74) is 3.27. The standard InChI is InChI=1S/C22H28N2O2/c1-26-21-9-7-17(8-10-21)5-3-12-24-22(25)20-6-2-4-18(15-20)14-19-11-13-23-16-19/h2,4,6-10,15,19,23H,3,5,11-14,16H2,1H3,(H,24,25). The predicted molar refractivity (Wildman–Crippen MR) is 105 cm³/mol. The van der Waals surface area contributed by atoms with Crippen LogP contribution in [0.25, 0.3) is 0 Å². The van der Waals surface area contributed by atoms with E-state index in [0.717, 1.165) is 43.7 Å². The van der Waals surface area contributed by atoms with Crippen molar-refractivity contribution in [1.29, 1.82) is 0 Å². The van der Waals surface area contributed by atoms with Crippen LogP contribution in [0.1, 0.15) is 34.3 Å². The maximum Gasteiger partial charge on any atom is 0.251 e. The number of carbonyl (C=O) groups excluding carboxylic acids is 1. The van der Waals surface area contributed by atoms with Crippen LogP contribution in [0, 0.1) is 5.92 Å². The average Bonchev–Trinajstić information content (AvgIpc) is 3.19. The Kier molecular flexibility index (Phi) is 6.67. The van der Waals surface area contributed by atoms with E-state index in [1.807, 2.05) is 30.3 Å². The number of rotatable bonds is 8. The number of amides is 1. The lowest BCUT2D eigenvalue weighted by Gasteiger charge is -2.10. The second-order valence-electron chi connectivity index (χ2n) is 6.97. The molecule has 4 nitrogen and oxygen atoms in total. The molecular formula is C22H28N2O2. The summed E-state index contributed by atoms with van der Waals surface area (Å²) in [5, 5.41) is 6.43. The van der Waals surface area contributed by atoms with E-state index in [1.54, 1.807) is 7.11 Å². The number of hydrogen-bond donors (Lipinski definition) is 2. The van der Waals surface area contributed by atoms with Gasteiger partial charge in [-0.15, -0.1) is 0 Å². The van der Waals surface area contributed by atoms with Gasteiger partial charge in [-0.3, -0.25) is 4.79 Å². The average molecular weight is 352 g/mol. The molecule has 1 unspecified atom stereocenters. The minimum atomic E-state index is 0.0196. The van der Waals surface area contributed by atoms with Crippen molar-refractivity contribution in [3.63, 3.8) is 0 Å². The number of hydrogen-bond acceptors (Lipinski definition) is 3. The third kappa shape index (κ3) is 5.33. The van der Waals surface area contributed by atoms with Gasteiger partial charge in [0.25, 0.3) is 5.91 Å². The minimum absolute atomic E-state index is 0.0196. The van der Waals surface area contributed by atoms with Crippen molar-refractivity contribution in [2.75, 3.05) is 26.7 Å². The normalized spacial score (nSPS) is 16.4. The zero-order valence-electron chi connectivity index (χ0n) is 15.5. The summed E-state index contributed by atoms with van der Waals surface area (Å²) in [6.07, 6.45) is 4.14. The van der Waals surface area contributed by atoms with Gasteiger partial charge in [0, 0.05) is 12.1 Å². The van der Waals surface area contributed by atoms with Gasteiger partial charge >= 0.3 is 0 Å². The molecule has 2 aromatic rings. The SMILES string of the molecule is COc1ccc(CCCNC(=O)c2cccc(CC3CCNC3)c2)cc1. The van der Waals surface area contributed by atoms with E-state index in [2.05, 4.69) is 28.8 Å². The zero-order valence-corrected chi connectivity index (χ0v) is 15.5. The molecule has 3 rings (SSSR count). The highest BCUT2D eigenvalue weighted by atomic mass is 16.5. The summed E-state index contributed by atoms with van der Waals surface area (Å²) in [6, 6.07) is 16.1. The van der Waals surface area contributed by atoms with Crippen LogP contribution in [0.4, 0.5) is 0 Å². The van der Waals surface area contributed by atoms with E-state index in [4.69, 9.17) is 4.74 Å². The van der Waals surface area contributed by atoms with Gasteiger partial charge in [0.05, 0.1) is 7.11 Å². The van der Waals surface area contributed by atoms with Crippen molar-refractivity contribution in [2.24, 2.45) is 5.92 Å². The topological polar surface area (TPSA) is 50.4 Å². The van der Waals surface area contributed by atoms with Gasteiger partial charge in [-0.25, -0.2) is 0 Å². The van der Waals surface area contributed by atoms with Crippen LogP contribution in [-0.2, 0) is 12.8 Å². The molecule has 1 atom stereocenters. The fraction of sp³-hybridized carbons (Fsp3) is 0.409. The molecule has 0 saturated carbocycles. The Morgan fingerprint density at radius 1 is 1.19 bits per heavy atom. The quantitative estimate of drug-likeness (QED) is 0.717. The number of methoxy groups -OCH3 is 1. The third-order valence-electron chi connectivity index (χ3n) is 4.96. The van der Waals surface area contributed by atoms with Gasteiger partial charge in [0.2, 0.25) is 0 Å². The molecule has 138 valence electrons. The van der Waals surface area contributed by atoms with Crippen molar-refractivity contribution in [3.8, 4) is 5.75 Å². The van der Waals surface area contributed by atoms with Gasteiger partial charge in [-0.2, -0.15) is 0 Å². The van der Waals surface area contributed by atoms with Crippen molar-refractivity contribution in [3.05, 3.63) is 65.2 Å². The maximum absolute atomic E-state index is 12.4. The highest BCUT2D eigenvalue weighted by Crippen LogP contribution is 2.16. The van der Waals surface area contributed by atoms with Crippen molar-refractivity contribution < 1.29 is 9.53 Å². The van der Waals surface area contributed by atoms with Crippen LogP contribution in [0.15, 0.2) is 48.5 Å². The van der Waals surface area contributed by atoms with E-state index >= 15 is 0 Å². The monoisotopic (exact) mass is 352 g/mol. The van der Waals surface area contributed by atoms with Gasteiger partial charge < -0.3 is 15.4 Å². The van der Waals surface area contributed by atoms with Crippen LogP contribution in [-0.4, -0.2) is 32.7 Å². The molecule has 26 heavy (non-hydrogen) atoms. The molecule has 1 aliphatic rings. The number of nitrogens with one attached hydrogen (secondary N) is 2. The molecule has 2 N–H and O–H groups in total. The van der Waals surface area contributed by atoms with Crippen LogP contribution in [0.2, 0.25) is 0 Å². The lowest BCUT2D eigenvalue weighted by atomic mass is 9.97. The van der Waals surface area contributed by atoms with Crippen LogP contribution in [0.5, 0.6) is 5.75 Å². The number of ether oxygens (including phenoxy) is 1. The summed E-state index contributed by atoms with van der Waals surface area (Å²) >= 11 is 0. The Balaban J connectivity index is 1.43. The Morgan fingerprint density at radius 2 is 2.04 bits per heavy atom. The largest absolute Gasteiger partial charge is 0.497 e. The molecule has 4 heteroatoms. The number of aryl methyl sites for hydroxylation is 1. The van der Waals surface area contributed by atoms with Gasteiger partial charge in [0.15, 0.2) is 0 Å². The molecule has 0 spiro atoms. The molecule has 2 aromatic carbocycles. The fourth-order valence-corrected chi connectivity index (χ4v) is 3.45. The van der Waals surface area contributed by atoms with E-state index in [0.29, 0.717) is 12.5 Å². The highest BCUT2D eigenvalue weighted by Gasteiger charge is 2.15. The Hall–Kier alpha value is -2.33. The Labute approximate surface area is 156 Å². The molecule has 0 aliphatic carbocycles. The number of benzene rings is 2. The number of carbonyl (C=O) groups is 1. The van der Waals surface area contributed by atoms with Gasteiger partial charge in [0.1, 0.15) is 5.75 Å². The summed E-state index contributed by atoms with van der Waals surface area (Å²) in [4.78, 5) is 12.4. The van der Waals surface area contributed by atoms with E-state index < -0.39 is 0 Å². The molecule has 1 fully saturated rings. The van der Waals surface area contributed by atoms with Gasteiger partial charge in [-0.05, 0) is 80.1 Å². The Morgan fingerprint density at radius 3 is 2.77 bits per heavy atom. The first-order valence-electron chi connectivity index (χ1n) is 9.45. The van der Waals surface area contributed by atoms with Crippen molar-refractivity contribution in [1.82, 2.24) is 10.6 Å². The first-order valence-corrected chi connectivity index (χ1v) is 9.45. The zero-order chi connectivity index (χ0) is 18.2. The maximum atomic E-state index is 12.4. The van der Waals surface area contributed by atoms with Gasteiger partial charge in [-0.1, -0.05) is 24.3 Å². The second kappa shape index (κ2) is 9.39. The van der Waals surface area contributed by atoms with E-state index in [-0.39, 0.29) is 5.91 Å². The predicted octanol–water partition coefficient (Wildman–Crippen LogP) is 3.21. The first-order chi connectivity index (χ1) is 12.7. The molecule has 0 aromatic heterocycles. The van der Waals surface area contributed by atoms with Crippen LogP contribution in [0.3, 0.4) is 0 Å². The van der Waals surface area contributed by atoms with Crippen molar-refractivity contribution >= 4 is 5.91 Å².